The maximum Gasteiger partial charge on any atom is 0.303 e. The molecule has 0 radical (unpaired) electrons. The summed E-state index contributed by atoms with van der Waals surface area (Å²) in [4.78, 5) is 46.7. The Bertz CT molecular complexity index is 608. The fourth-order valence-corrected chi connectivity index (χ4v) is 3.80. The van der Waals surface area contributed by atoms with Crippen LogP contribution >= 0.6 is 0 Å². The van der Waals surface area contributed by atoms with Gasteiger partial charge in [-0.15, -0.1) is 0 Å². The molecule has 1 aliphatic heterocycles. The summed E-state index contributed by atoms with van der Waals surface area (Å²) in [6, 6.07) is -0.699. The third-order valence-corrected chi connectivity index (χ3v) is 5.06. The van der Waals surface area contributed by atoms with Gasteiger partial charge in [-0.3, -0.25) is 19.2 Å². The Labute approximate surface area is 184 Å². The van der Waals surface area contributed by atoms with Gasteiger partial charge in [0.1, 0.15) is 12.7 Å². The van der Waals surface area contributed by atoms with Crippen LogP contribution in [-0.2, 0) is 38.1 Å². The summed E-state index contributed by atoms with van der Waals surface area (Å²) in [5, 5.41) is 2.80. The van der Waals surface area contributed by atoms with E-state index in [0.717, 1.165) is 32.1 Å². The molecule has 1 amide bonds. The second-order valence-corrected chi connectivity index (χ2v) is 7.95. The number of nitrogens with one attached hydrogen (secondary N) is 1. The van der Waals surface area contributed by atoms with Gasteiger partial charge in [-0.2, -0.15) is 0 Å². The molecule has 0 aliphatic carbocycles. The Morgan fingerprint density at radius 3 is 1.90 bits per heavy atom. The minimum Gasteiger partial charge on any atom is -0.463 e. The quantitative estimate of drug-likeness (QED) is 0.278. The minimum atomic E-state index is -1.03. The molecule has 0 saturated carbocycles. The highest BCUT2D eigenvalue weighted by molar-refractivity contribution is 5.73. The second-order valence-electron chi connectivity index (χ2n) is 7.95. The number of carbonyl (C=O) groups excluding carboxylic acids is 4. The number of unbranched alkanes of at least 4 members (excludes halogenated alkanes) is 5. The van der Waals surface area contributed by atoms with Crippen molar-refractivity contribution in [3.05, 3.63) is 0 Å². The lowest BCUT2D eigenvalue weighted by Crippen LogP contribution is -2.66. The topological polar surface area (TPSA) is 117 Å². The molecule has 9 nitrogen and oxygen atoms in total. The molecule has 0 aromatic rings. The minimum absolute atomic E-state index is 0.162. The lowest BCUT2D eigenvalue weighted by atomic mass is 9.89. The van der Waals surface area contributed by atoms with E-state index >= 15 is 0 Å². The zero-order valence-corrected chi connectivity index (χ0v) is 19.3. The molecule has 0 spiro atoms. The van der Waals surface area contributed by atoms with Crippen LogP contribution < -0.4 is 5.32 Å². The first-order valence-corrected chi connectivity index (χ1v) is 11.1. The number of ether oxygens (including phenoxy) is 4. The van der Waals surface area contributed by atoms with Gasteiger partial charge in [0.05, 0.1) is 12.1 Å². The van der Waals surface area contributed by atoms with Crippen LogP contribution in [0, 0.1) is 0 Å². The maximum absolute atomic E-state index is 11.9. The fraction of sp³-hybridized carbons (Fsp3) is 0.818. The predicted molar refractivity (Wildman–Crippen MR) is 112 cm³/mol. The molecule has 1 fully saturated rings. The van der Waals surface area contributed by atoms with Gasteiger partial charge in [-0.05, 0) is 6.42 Å². The van der Waals surface area contributed by atoms with Crippen molar-refractivity contribution >= 4 is 23.8 Å². The van der Waals surface area contributed by atoms with Crippen LogP contribution in [-0.4, -0.2) is 60.9 Å². The van der Waals surface area contributed by atoms with E-state index in [1.807, 2.05) is 0 Å². The first-order valence-electron chi connectivity index (χ1n) is 11.1. The molecule has 0 bridgehead atoms. The van der Waals surface area contributed by atoms with Crippen LogP contribution in [0.4, 0.5) is 0 Å². The molecule has 1 heterocycles. The summed E-state index contributed by atoms with van der Waals surface area (Å²) >= 11 is 0. The van der Waals surface area contributed by atoms with Gasteiger partial charge in [-0.25, -0.2) is 0 Å². The summed E-state index contributed by atoms with van der Waals surface area (Å²) in [5.74, 6) is -2.01. The van der Waals surface area contributed by atoms with Gasteiger partial charge in [0.2, 0.25) is 5.91 Å². The van der Waals surface area contributed by atoms with E-state index in [1.165, 1.54) is 34.1 Å². The summed E-state index contributed by atoms with van der Waals surface area (Å²) in [6.45, 7) is 7.09. The van der Waals surface area contributed by atoms with E-state index in [4.69, 9.17) is 18.9 Å². The monoisotopic (exact) mass is 443 g/mol. The first-order chi connectivity index (χ1) is 14.6. The third kappa shape index (κ3) is 10.1. The van der Waals surface area contributed by atoms with Crippen molar-refractivity contribution in [3.63, 3.8) is 0 Å². The third-order valence-electron chi connectivity index (χ3n) is 5.06. The highest BCUT2D eigenvalue weighted by Gasteiger charge is 2.50. The van der Waals surface area contributed by atoms with Crippen molar-refractivity contribution in [1.82, 2.24) is 5.32 Å². The lowest BCUT2D eigenvalue weighted by Gasteiger charge is -2.45. The lowest BCUT2D eigenvalue weighted by molar-refractivity contribution is -0.224. The van der Waals surface area contributed by atoms with Crippen molar-refractivity contribution in [2.45, 2.75) is 110 Å². The largest absolute Gasteiger partial charge is 0.463 e. The van der Waals surface area contributed by atoms with Gasteiger partial charge in [-0.1, -0.05) is 45.4 Å². The fourth-order valence-electron chi connectivity index (χ4n) is 3.80. The molecule has 9 heteroatoms. The zero-order valence-electron chi connectivity index (χ0n) is 19.3. The number of rotatable bonds is 12. The molecule has 5 atom stereocenters. The Hall–Kier alpha value is -2.16. The number of esters is 3. The van der Waals surface area contributed by atoms with Crippen molar-refractivity contribution in [1.29, 1.82) is 0 Å². The van der Waals surface area contributed by atoms with E-state index < -0.39 is 48.4 Å². The van der Waals surface area contributed by atoms with E-state index in [1.54, 1.807) is 0 Å². The summed E-state index contributed by atoms with van der Waals surface area (Å²) in [6.07, 6.45) is 3.78. The average Bonchev–Trinajstić information content (AvgIpc) is 2.66. The molecular formula is C22H37NO8. The maximum atomic E-state index is 11.9. The number of hydrogen-bond acceptors (Lipinski definition) is 8. The van der Waals surface area contributed by atoms with Gasteiger partial charge in [0.25, 0.3) is 0 Å². The zero-order chi connectivity index (χ0) is 23.4. The normalized spacial score (nSPS) is 25.4. The molecule has 0 aromatic heterocycles. The highest BCUT2D eigenvalue weighted by atomic mass is 16.6. The molecular weight excluding hydrogens is 406 g/mol. The summed E-state index contributed by atoms with van der Waals surface area (Å²) in [5.41, 5.74) is 0. The van der Waals surface area contributed by atoms with E-state index in [-0.39, 0.29) is 12.5 Å². The number of carbonyl (C=O) groups is 4. The smallest absolute Gasteiger partial charge is 0.303 e. The number of hydrogen-bond donors (Lipinski definition) is 1. The molecule has 0 unspecified atom stereocenters. The molecule has 1 rings (SSSR count). The van der Waals surface area contributed by atoms with Crippen LogP contribution in [0.25, 0.3) is 0 Å². The molecule has 31 heavy (non-hydrogen) atoms. The Morgan fingerprint density at radius 1 is 0.774 bits per heavy atom. The Morgan fingerprint density at radius 2 is 1.35 bits per heavy atom. The highest BCUT2D eigenvalue weighted by Crippen LogP contribution is 2.30. The van der Waals surface area contributed by atoms with Gasteiger partial charge in [0, 0.05) is 27.7 Å². The Kier molecular flexibility index (Phi) is 12.1. The van der Waals surface area contributed by atoms with E-state index in [0.29, 0.717) is 6.42 Å². The molecule has 1 saturated heterocycles. The van der Waals surface area contributed by atoms with Gasteiger partial charge in [0.15, 0.2) is 12.2 Å². The van der Waals surface area contributed by atoms with Crippen LogP contribution in [0.1, 0.15) is 79.6 Å². The van der Waals surface area contributed by atoms with Crippen LogP contribution in [0.15, 0.2) is 0 Å². The van der Waals surface area contributed by atoms with E-state index in [9.17, 15) is 19.2 Å². The summed E-state index contributed by atoms with van der Waals surface area (Å²) in [7, 11) is 0. The standard InChI is InChI=1S/C22H37NO8/c1-6-7-8-9-10-11-12-18-20(23-14(2)24)22(30-17(5)27)21(29-16(4)26)19(31-18)13-28-15(3)25/h18-22H,6-13H2,1-5H3,(H,23,24)/t18-,19-,20+,21-,22-/m1/s1. The predicted octanol–water partition coefficient (Wildman–Crippen LogP) is 2.44. The van der Waals surface area contributed by atoms with Gasteiger partial charge >= 0.3 is 17.9 Å². The molecule has 1 N–H and O–H groups in total. The van der Waals surface area contributed by atoms with Crippen LogP contribution in [0.2, 0.25) is 0 Å². The van der Waals surface area contributed by atoms with Crippen molar-refractivity contribution in [3.8, 4) is 0 Å². The summed E-state index contributed by atoms with van der Waals surface area (Å²) < 4.78 is 22.1. The number of amides is 1. The SMILES string of the molecule is CCCCCCCC[C@H]1O[C@H](COC(C)=O)[C@@H](OC(C)=O)[C@H](OC(C)=O)[C@H]1NC(C)=O. The second kappa shape index (κ2) is 14.0. The van der Waals surface area contributed by atoms with Crippen LogP contribution in [0.5, 0.6) is 0 Å². The van der Waals surface area contributed by atoms with Crippen LogP contribution in [0.3, 0.4) is 0 Å². The molecule has 178 valence electrons. The van der Waals surface area contributed by atoms with Crippen molar-refractivity contribution in [2.24, 2.45) is 0 Å². The van der Waals surface area contributed by atoms with Crippen molar-refractivity contribution in [2.75, 3.05) is 6.61 Å². The molecule has 0 aromatic carbocycles. The van der Waals surface area contributed by atoms with E-state index in [2.05, 4.69) is 12.2 Å². The Balaban J connectivity index is 3.07. The van der Waals surface area contributed by atoms with Gasteiger partial charge < -0.3 is 24.3 Å². The van der Waals surface area contributed by atoms with Crippen molar-refractivity contribution < 1.29 is 38.1 Å². The first kappa shape index (κ1) is 26.9. The average molecular weight is 444 g/mol. The molecule has 1 aliphatic rings.